The van der Waals surface area contributed by atoms with E-state index in [1.807, 2.05) is 13.8 Å². The fraction of sp³-hybridized carbons (Fsp3) is 0.833. The Morgan fingerprint density at radius 1 is 1.54 bits per heavy atom. The van der Waals surface area contributed by atoms with Gasteiger partial charge in [0.05, 0.1) is 12.3 Å². The fourth-order valence-corrected chi connectivity index (χ4v) is 0.981. The van der Waals surface area contributed by atoms with Crippen LogP contribution in [0.5, 0.6) is 0 Å². The molecule has 0 aromatic carbocycles. The molecule has 0 amide bonds. The van der Waals surface area contributed by atoms with Crippen molar-refractivity contribution in [1.29, 1.82) is 0 Å². The molecule has 0 aromatic rings. The summed E-state index contributed by atoms with van der Waals surface area (Å²) >= 11 is 0. The van der Waals surface area contributed by atoms with Crippen LogP contribution in [0.1, 0.15) is 13.8 Å². The number of hydrogen-bond acceptors (Lipinski definition) is 3. The molecule has 0 atom stereocenters. The maximum atomic E-state index is 10.5. The summed E-state index contributed by atoms with van der Waals surface area (Å²) in [5.74, 6) is 0.0478. The Morgan fingerprint density at radius 3 is 2.46 bits per heavy atom. The standard InChI is InChI=1S/C6H16N4O2S/c1-5(2)10-6(7)9-3-4-13(8,11)12/h5H,3-4H2,1-2H3,(H3,7,9,10)(H2,8,11,12). The highest BCUT2D eigenvalue weighted by Gasteiger charge is 2.01. The first-order valence-corrected chi connectivity index (χ1v) is 5.60. The lowest BCUT2D eigenvalue weighted by Gasteiger charge is -2.07. The van der Waals surface area contributed by atoms with Gasteiger partial charge in [-0.15, -0.1) is 0 Å². The van der Waals surface area contributed by atoms with Crippen LogP contribution in [0.3, 0.4) is 0 Å². The van der Waals surface area contributed by atoms with E-state index >= 15 is 0 Å². The molecule has 6 nitrogen and oxygen atoms in total. The van der Waals surface area contributed by atoms with Crippen LogP contribution in [-0.4, -0.2) is 32.7 Å². The third kappa shape index (κ3) is 9.09. The third-order valence-electron chi connectivity index (χ3n) is 1.09. The van der Waals surface area contributed by atoms with Gasteiger partial charge < -0.3 is 11.1 Å². The van der Waals surface area contributed by atoms with E-state index in [-0.39, 0.29) is 24.3 Å². The van der Waals surface area contributed by atoms with Gasteiger partial charge in [-0.05, 0) is 13.8 Å². The Morgan fingerprint density at radius 2 is 2.08 bits per heavy atom. The van der Waals surface area contributed by atoms with E-state index in [2.05, 4.69) is 10.3 Å². The minimum Gasteiger partial charge on any atom is -0.370 e. The zero-order chi connectivity index (χ0) is 10.5. The molecular weight excluding hydrogens is 192 g/mol. The van der Waals surface area contributed by atoms with Crippen LogP contribution in [0.2, 0.25) is 0 Å². The molecule has 0 rings (SSSR count). The molecule has 0 aromatic heterocycles. The van der Waals surface area contributed by atoms with Crippen LogP contribution < -0.4 is 16.2 Å². The third-order valence-corrected chi connectivity index (χ3v) is 1.85. The molecule has 7 heteroatoms. The van der Waals surface area contributed by atoms with Gasteiger partial charge in [0.1, 0.15) is 0 Å². The first-order valence-electron chi connectivity index (χ1n) is 3.88. The summed E-state index contributed by atoms with van der Waals surface area (Å²) < 4.78 is 21.0. The number of rotatable bonds is 4. The smallest absolute Gasteiger partial charge is 0.210 e. The second-order valence-corrected chi connectivity index (χ2v) is 4.67. The van der Waals surface area contributed by atoms with Gasteiger partial charge in [0.25, 0.3) is 0 Å². The lowest BCUT2D eigenvalue weighted by atomic mass is 10.4. The van der Waals surface area contributed by atoms with Crippen LogP contribution in [0, 0.1) is 0 Å². The predicted octanol–water partition coefficient (Wildman–Crippen LogP) is -1.41. The molecule has 0 aliphatic heterocycles. The molecule has 0 aliphatic carbocycles. The van der Waals surface area contributed by atoms with Crippen LogP contribution in [-0.2, 0) is 10.0 Å². The summed E-state index contributed by atoms with van der Waals surface area (Å²) in [6.45, 7) is 3.90. The van der Waals surface area contributed by atoms with E-state index in [0.29, 0.717) is 0 Å². The average Bonchev–Trinajstić information content (AvgIpc) is 1.81. The van der Waals surface area contributed by atoms with Crippen LogP contribution in [0.25, 0.3) is 0 Å². The maximum Gasteiger partial charge on any atom is 0.210 e. The van der Waals surface area contributed by atoms with E-state index in [1.165, 1.54) is 0 Å². The highest BCUT2D eigenvalue weighted by molar-refractivity contribution is 7.89. The average molecular weight is 208 g/mol. The number of nitrogens with zero attached hydrogens (tertiary/aromatic N) is 1. The lowest BCUT2D eigenvalue weighted by Crippen LogP contribution is -2.37. The summed E-state index contributed by atoms with van der Waals surface area (Å²) in [4.78, 5) is 3.77. The van der Waals surface area contributed by atoms with Gasteiger partial charge in [0, 0.05) is 6.04 Å². The molecular formula is C6H16N4O2S. The Bertz CT molecular complexity index is 270. The number of primary sulfonamides is 1. The molecule has 13 heavy (non-hydrogen) atoms. The Labute approximate surface area is 78.4 Å². The van der Waals surface area contributed by atoms with E-state index in [0.717, 1.165) is 0 Å². The number of hydrogen-bond donors (Lipinski definition) is 3. The molecule has 78 valence electrons. The number of guanidine groups is 1. The first kappa shape index (κ1) is 12.2. The fourth-order valence-electron chi connectivity index (χ4n) is 0.635. The minimum atomic E-state index is -3.44. The van der Waals surface area contributed by atoms with Crippen molar-refractivity contribution in [2.24, 2.45) is 15.9 Å². The van der Waals surface area contributed by atoms with Gasteiger partial charge in [-0.25, -0.2) is 13.6 Å². The zero-order valence-electron chi connectivity index (χ0n) is 7.82. The quantitative estimate of drug-likeness (QED) is 0.389. The summed E-state index contributed by atoms with van der Waals surface area (Å²) in [7, 11) is -3.44. The summed E-state index contributed by atoms with van der Waals surface area (Å²) in [6, 6.07) is 0.179. The van der Waals surface area contributed by atoms with Crippen LogP contribution in [0.15, 0.2) is 4.99 Å². The molecule has 0 saturated heterocycles. The zero-order valence-corrected chi connectivity index (χ0v) is 8.63. The van der Waals surface area contributed by atoms with E-state index in [9.17, 15) is 8.42 Å². The molecule has 0 radical (unpaired) electrons. The summed E-state index contributed by atoms with van der Waals surface area (Å²) in [5, 5.41) is 7.59. The van der Waals surface area contributed by atoms with E-state index < -0.39 is 10.0 Å². The van der Waals surface area contributed by atoms with Crippen molar-refractivity contribution in [3.8, 4) is 0 Å². The number of aliphatic imine (C=N–C) groups is 1. The molecule has 0 heterocycles. The molecule has 0 saturated carbocycles. The SMILES string of the molecule is CC(C)NC(N)=NCCS(N)(=O)=O. The highest BCUT2D eigenvalue weighted by Crippen LogP contribution is 1.80. The van der Waals surface area contributed by atoms with Crippen molar-refractivity contribution in [2.75, 3.05) is 12.3 Å². The largest absolute Gasteiger partial charge is 0.370 e. The van der Waals surface area contributed by atoms with Crippen molar-refractivity contribution in [3.05, 3.63) is 0 Å². The molecule has 0 unspecified atom stereocenters. The van der Waals surface area contributed by atoms with Gasteiger partial charge in [0.15, 0.2) is 5.96 Å². The molecule has 0 bridgehead atoms. The maximum absolute atomic E-state index is 10.5. The topological polar surface area (TPSA) is 111 Å². The Hall–Kier alpha value is -0.820. The Balaban J connectivity index is 3.85. The minimum absolute atomic E-state index is 0.0877. The monoisotopic (exact) mass is 208 g/mol. The lowest BCUT2D eigenvalue weighted by molar-refractivity contribution is 0.597. The van der Waals surface area contributed by atoms with Crippen molar-refractivity contribution in [3.63, 3.8) is 0 Å². The number of nitrogens with one attached hydrogen (secondary N) is 1. The molecule has 0 spiro atoms. The van der Waals surface area contributed by atoms with Crippen molar-refractivity contribution < 1.29 is 8.42 Å². The van der Waals surface area contributed by atoms with Gasteiger partial charge in [0.2, 0.25) is 10.0 Å². The van der Waals surface area contributed by atoms with E-state index in [1.54, 1.807) is 0 Å². The molecule has 0 fully saturated rings. The number of nitrogens with two attached hydrogens (primary N) is 2. The van der Waals surface area contributed by atoms with Crippen molar-refractivity contribution in [2.45, 2.75) is 19.9 Å². The van der Waals surface area contributed by atoms with Gasteiger partial charge in [-0.3, -0.25) is 4.99 Å². The summed E-state index contributed by atoms with van der Waals surface area (Å²) in [6.07, 6.45) is 0. The molecule has 5 N–H and O–H groups in total. The highest BCUT2D eigenvalue weighted by atomic mass is 32.2. The van der Waals surface area contributed by atoms with Crippen molar-refractivity contribution >= 4 is 16.0 Å². The second-order valence-electron chi connectivity index (χ2n) is 2.93. The Kier molecular flexibility index (Phi) is 4.71. The van der Waals surface area contributed by atoms with Gasteiger partial charge in [-0.1, -0.05) is 0 Å². The first-order chi connectivity index (χ1) is 5.81. The van der Waals surface area contributed by atoms with Crippen LogP contribution >= 0.6 is 0 Å². The normalized spacial score (nSPS) is 13.4. The summed E-state index contributed by atoms with van der Waals surface area (Å²) in [5.41, 5.74) is 5.41. The molecule has 0 aliphatic rings. The number of sulfonamides is 1. The van der Waals surface area contributed by atoms with E-state index in [4.69, 9.17) is 10.9 Å². The van der Waals surface area contributed by atoms with Gasteiger partial charge >= 0.3 is 0 Å². The second kappa shape index (κ2) is 5.03. The van der Waals surface area contributed by atoms with Crippen LogP contribution in [0.4, 0.5) is 0 Å². The predicted molar refractivity (Wildman–Crippen MR) is 52.7 cm³/mol. The van der Waals surface area contributed by atoms with Crippen molar-refractivity contribution in [1.82, 2.24) is 5.32 Å². The van der Waals surface area contributed by atoms with Gasteiger partial charge in [-0.2, -0.15) is 0 Å².